The third-order valence-corrected chi connectivity index (χ3v) is 3.07. The first-order chi connectivity index (χ1) is 8.17. The van der Waals surface area contributed by atoms with Gasteiger partial charge in [-0.25, -0.2) is 0 Å². The molecule has 1 aliphatic rings. The second-order valence-electron chi connectivity index (χ2n) is 4.36. The Hall–Kier alpha value is -1.48. The molecule has 0 amide bonds. The summed E-state index contributed by atoms with van der Waals surface area (Å²) in [7, 11) is 0. The highest BCUT2D eigenvalue weighted by Crippen LogP contribution is 2.15. The van der Waals surface area contributed by atoms with Crippen molar-refractivity contribution in [3.05, 3.63) is 30.3 Å². The summed E-state index contributed by atoms with van der Waals surface area (Å²) in [5, 5.41) is 3.32. The van der Waals surface area contributed by atoms with Crippen molar-refractivity contribution >= 4 is 17.5 Å². The Labute approximate surface area is 104 Å². The van der Waals surface area contributed by atoms with Gasteiger partial charge in [-0.3, -0.25) is 0 Å². The number of nitrogen functional groups attached to an aromatic ring is 2. The van der Waals surface area contributed by atoms with Crippen molar-refractivity contribution in [2.24, 2.45) is 5.92 Å². The maximum atomic E-state index is 5.57. The molecule has 1 aromatic carbocycles. The molecule has 3 heteroatoms. The van der Waals surface area contributed by atoms with E-state index in [0.717, 1.165) is 11.5 Å². The molecule has 0 bridgehead atoms. The van der Waals surface area contributed by atoms with Crippen LogP contribution in [0.3, 0.4) is 0 Å². The second-order valence-corrected chi connectivity index (χ2v) is 4.36. The monoisotopic (exact) mass is 233 g/mol. The number of anilines is 2. The molecule has 0 aliphatic carbocycles. The van der Waals surface area contributed by atoms with Gasteiger partial charge in [-0.2, -0.15) is 0 Å². The molecule has 94 valence electrons. The lowest BCUT2D eigenvalue weighted by molar-refractivity contribution is 0.563. The van der Waals surface area contributed by atoms with Crippen molar-refractivity contribution in [2.45, 2.75) is 19.8 Å². The van der Waals surface area contributed by atoms with E-state index in [4.69, 9.17) is 11.5 Å². The summed E-state index contributed by atoms with van der Waals surface area (Å²) in [6.45, 7) is 8.37. The van der Waals surface area contributed by atoms with Crippen LogP contribution in [-0.4, -0.2) is 13.1 Å². The molecular weight excluding hydrogens is 210 g/mol. The largest absolute Gasteiger partial charge is 0.399 e. The highest BCUT2D eigenvalue weighted by Gasteiger charge is 2.10. The van der Waals surface area contributed by atoms with Gasteiger partial charge in [0, 0.05) is 11.4 Å². The van der Waals surface area contributed by atoms with Crippen LogP contribution in [0, 0.1) is 5.92 Å². The highest BCUT2D eigenvalue weighted by molar-refractivity contribution is 5.67. The summed E-state index contributed by atoms with van der Waals surface area (Å²) < 4.78 is 0. The Morgan fingerprint density at radius 1 is 1.47 bits per heavy atom. The standard InChI is InChI=1S/C8H10N2.C6H13N/c1-2-6-5-7(9)3-4-8(6)10;1-2-6-3-4-7-5-6/h2-5H,1,9-10H2;6-7H,2-5H2,1H3. The van der Waals surface area contributed by atoms with Crippen LogP contribution >= 0.6 is 0 Å². The molecule has 1 fully saturated rings. The number of nitrogens with two attached hydrogens (primary N) is 2. The molecule has 5 N–H and O–H groups in total. The van der Waals surface area contributed by atoms with Crippen molar-refractivity contribution in [1.82, 2.24) is 5.32 Å². The topological polar surface area (TPSA) is 64.1 Å². The van der Waals surface area contributed by atoms with E-state index in [9.17, 15) is 0 Å². The summed E-state index contributed by atoms with van der Waals surface area (Å²) in [6.07, 6.45) is 4.44. The Balaban J connectivity index is 0.000000181. The van der Waals surface area contributed by atoms with Gasteiger partial charge in [0.15, 0.2) is 0 Å². The summed E-state index contributed by atoms with van der Waals surface area (Å²) in [6, 6.07) is 5.33. The van der Waals surface area contributed by atoms with Crippen molar-refractivity contribution in [2.75, 3.05) is 24.6 Å². The minimum absolute atomic E-state index is 0.712. The summed E-state index contributed by atoms with van der Waals surface area (Å²) >= 11 is 0. The molecular formula is C14H23N3. The molecule has 0 saturated carbocycles. The lowest BCUT2D eigenvalue weighted by Crippen LogP contribution is -2.07. The predicted octanol–water partition coefficient (Wildman–Crippen LogP) is 2.50. The lowest BCUT2D eigenvalue weighted by atomic mass is 10.1. The molecule has 1 aliphatic heterocycles. The van der Waals surface area contributed by atoms with Gasteiger partial charge < -0.3 is 16.8 Å². The van der Waals surface area contributed by atoms with E-state index in [2.05, 4.69) is 18.8 Å². The third-order valence-electron chi connectivity index (χ3n) is 3.07. The molecule has 0 spiro atoms. The van der Waals surface area contributed by atoms with Gasteiger partial charge in [-0.05, 0) is 49.2 Å². The molecule has 3 nitrogen and oxygen atoms in total. The quantitative estimate of drug-likeness (QED) is 0.688. The van der Waals surface area contributed by atoms with Gasteiger partial charge in [-0.15, -0.1) is 0 Å². The minimum atomic E-state index is 0.712. The third kappa shape index (κ3) is 4.49. The van der Waals surface area contributed by atoms with Crippen molar-refractivity contribution in [1.29, 1.82) is 0 Å². The number of rotatable bonds is 2. The second kappa shape index (κ2) is 6.97. The number of benzene rings is 1. The van der Waals surface area contributed by atoms with Gasteiger partial charge in [0.2, 0.25) is 0 Å². The van der Waals surface area contributed by atoms with Crippen LogP contribution in [0.5, 0.6) is 0 Å². The summed E-state index contributed by atoms with van der Waals surface area (Å²) in [5.74, 6) is 0.986. The van der Waals surface area contributed by atoms with Crippen LogP contribution < -0.4 is 16.8 Å². The first kappa shape index (κ1) is 13.6. The van der Waals surface area contributed by atoms with Gasteiger partial charge in [0.05, 0.1) is 0 Å². The SMILES string of the molecule is C=Cc1cc(N)ccc1N.CCC1CCNC1. The normalized spacial score (nSPS) is 18.3. The van der Waals surface area contributed by atoms with Crippen molar-refractivity contribution in [3.63, 3.8) is 0 Å². The molecule has 0 aromatic heterocycles. The lowest BCUT2D eigenvalue weighted by Gasteiger charge is -1.99. The molecule has 1 saturated heterocycles. The van der Waals surface area contributed by atoms with E-state index in [-0.39, 0.29) is 0 Å². The highest BCUT2D eigenvalue weighted by atomic mass is 14.9. The van der Waals surface area contributed by atoms with E-state index in [1.165, 1.54) is 25.9 Å². The zero-order valence-corrected chi connectivity index (χ0v) is 10.6. The average molecular weight is 233 g/mol. The minimum Gasteiger partial charge on any atom is -0.399 e. The molecule has 0 radical (unpaired) electrons. The first-order valence-electron chi connectivity index (χ1n) is 6.15. The van der Waals surface area contributed by atoms with Gasteiger partial charge in [-0.1, -0.05) is 26.0 Å². The maximum absolute atomic E-state index is 5.57. The van der Waals surface area contributed by atoms with Gasteiger partial charge in [0.25, 0.3) is 0 Å². The van der Waals surface area contributed by atoms with E-state index >= 15 is 0 Å². The van der Waals surface area contributed by atoms with Crippen LogP contribution in [0.15, 0.2) is 24.8 Å². The predicted molar refractivity (Wildman–Crippen MR) is 76.6 cm³/mol. The van der Waals surface area contributed by atoms with E-state index in [1.54, 1.807) is 24.3 Å². The molecule has 1 aromatic rings. The van der Waals surface area contributed by atoms with Crippen LogP contribution in [0.4, 0.5) is 11.4 Å². The van der Waals surface area contributed by atoms with Crippen LogP contribution in [0.2, 0.25) is 0 Å². The average Bonchev–Trinajstić information content (AvgIpc) is 2.86. The zero-order chi connectivity index (χ0) is 12.7. The number of hydrogen-bond donors (Lipinski definition) is 3. The number of nitrogens with one attached hydrogen (secondary N) is 1. The van der Waals surface area contributed by atoms with Crippen molar-refractivity contribution < 1.29 is 0 Å². The Morgan fingerprint density at radius 3 is 2.65 bits per heavy atom. The zero-order valence-electron chi connectivity index (χ0n) is 10.6. The Morgan fingerprint density at radius 2 is 2.24 bits per heavy atom. The maximum Gasteiger partial charge on any atom is 0.0388 e. The molecule has 1 unspecified atom stereocenters. The Kier molecular flexibility index (Phi) is 5.57. The van der Waals surface area contributed by atoms with Crippen LogP contribution in [0.25, 0.3) is 6.08 Å². The summed E-state index contributed by atoms with van der Waals surface area (Å²) in [5.41, 5.74) is 13.4. The molecule has 1 atom stereocenters. The van der Waals surface area contributed by atoms with Gasteiger partial charge >= 0.3 is 0 Å². The fourth-order valence-electron chi connectivity index (χ4n) is 1.83. The smallest absolute Gasteiger partial charge is 0.0388 e. The first-order valence-corrected chi connectivity index (χ1v) is 6.15. The molecule has 17 heavy (non-hydrogen) atoms. The molecule has 2 rings (SSSR count). The fraction of sp³-hybridized carbons (Fsp3) is 0.429. The van der Waals surface area contributed by atoms with E-state index < -0.39 is 0 Å². The van der Waals surface area contributed by atoms with E-state index in [0.29, 0.717) is 11.4 Å². The van der Waals surface area contributed by atoms with Crippen LogP contribution in [-0.2, 0) is 0 Å². The fourth-order valence-corrected chi connectivity index (χ4v) is 1.83. The summed E-state index contributed by atoms with van der Waals surface area (Å²) in [4.78, 5) is 0. The number of hydrogen-bond acceptors (Lipinski definition) is 3. The van der Waals surface area contributed by atoms with Crippen molar-refractivity contribution in [3.8, 4) is 0 Å². The Bertz CT molecular complexity index is 354. The van der Waals surface area contributed by atoms with Crippen LogP contribution in [0.1, 0.15) is 25.3 Å². The van der Waals surface area contributed by atoms with E-state index in [1.807, 2.05) is 0 Å². The molecule has 1 heterocycles. The van der Waals surface area contributed by atoms with Gasteiger partial charge in [0.1, 0.15) is 0 Å².